The molecule has 0 bridgehead atoms. The molecule has 1 aliphatic heterocycles. The summed E-state index contributed by atoms with van der Waals surface area (Å²) < 4.78 is 5.93. The molecule has 0 radical (unpaired) electrons. The highest BCUT2D eigenvalue weighted by Crippen LogP contribution is 2.46. The van der Waals surface area contributed by atoms with Crippen LogP contribution in [0.25, 0.3) is 0 Å². The molecule has 0 aromatic rings. The molecule has 1 saturated heterocycles. The molecule has 1 heteroatoms. The highest BCUT2D eigenvalue weighted by atomic mass is 16.6. The molecule has 3 aliphatic rings. The molecule has 2 saturated carbocycles. The van der Waals surface area contributed by atoms with E-state index in [4.69, 9.17) is 4.74 Å². The van der Waals surface area contributed by atoms with Crippen LogP contribution < -0.4 is 0 Å². The van der Waals surface area contributed by atoms with Crippen molar-refractivity contribution in [2.45, 2.75) is 89.3 Å². The minimum atomic E-state index is 0.565. The predicted molar refractivity (Wildman–Crippen MR) is 98.4 cm³/mol. The van der Waals surface area contributed by atoms with E-state index >= 15 is 0 Å². The van der Waals surface area contributed by atoms with Gasteiger partial charge in [0.1, 0.15) is 0 Å². The van der Waals surface area contributed by atoms with Gasteiger partial charge in [0.2, 0.25) is 0 Å². The lowest BCUT2D eigenvalue weighted by molar-refractivity contribution is 0.133. The smallest absolute Gasteiger partial charge is 0.0870 e. The third-order valence-electron chi connectivity index (χ3n) is 6.90. The number of allylic oxidation sites excluding steroid dienone is 2. The van der Waals surface area contributed by atoms with Gasteiger partial charge < -0.3 is 4.74 Å². The number of ether oxygens (including phenoxy) is 1. The molecule has 0 amide bonds. The van der Waals surface area contributed by atoms with E-state index in [-0.39, 0.29) is 0 Å². The van der Waals surface area contributed by atoms with Crippen LogP contribution >= 0.6 is 0 Å². The van der Waals surface area contributed by atoms with Crippen molar-refractivity contribution in [3.8, 4) is 0 Å². The van der Waals surface area contributed by atoms with E-state index in [9.17, 15) is 0 Å². The highest BCUT2D eigenvalue weighted by Gasteiger charge is 2.45. The lowest BCUT2D eigenvalue weighted by Gasteiger charge is -2.37. The van der Waals surface area contributed by atoms with Crippen LogP contribution in [0.5, 0.6) is 0 Å². The number of hydrogen-bond donors (Lipinski definition) is 0. The van der Waals surface area contributed by atoms with Crippen LogP contribution in [0.3, 0.4) is 0 Å². The molecule has 2 atom stereocenters. The molecule has 3 fully saturated rings. The number of hydrogen-bond acceptors (Lipinski definition) is 1. The third-order valence-corrected chi connectivity index (χ3v) is 6.90. The lowest BCUT2D eigenvalue weighted by Crippen LogP contribution is -2.27. The second-order valence-electron chi connectivity index (χ2n) is 8.33. The van der Waals surface area contributed by atoms with E-state index < -0.39 is 0 Å². The van der Waals surface area contributed by atoms with Gasteiger partial charge in [-0.2, -0.15) is 0 Å². The highest BCUT2D eigenvalue weighted by molar-refractivity contribution is 4.94. The second kappa shape index (κ2) is 8.51. The van der Waals surface area contributed by atoms with Gasteiger partial charge in [-0.25, -0.2) is 0 Å². The molecular weight excluding hydrogens is 280 g/mol. The molecule has 130 valence electrons. The molecule has 1 nitrogen and oxygen atoms in total. The first-order valence-electron chi connectivity index (χ1n) is 10.2. The maximum absolute atomic E-state index is 5.93. The van der Waals surface area contributed by atoms with Crippen molar-refractivity contribution < 1.29 is 4.74 Å². The van der Waals surface area contributed by atoms with Crippen molar-refractivity contribution in [2.75, 3.05) is 0 Å². The summed E-state index contributed by atoms with van der Waals surface area (Å²) in [5.41, 5.74) is 0. The second-order valence-corrected chi connectivity index (χ2v) is 8.33. The van der Waals surface area contributed by atoms with Gasteiger partial charge in [-0.05, 0) is 87.9 Å². The minimum absolute atomic E-state index is 0.565. The van der Waals surface area contributed by atoms with Crippen molar-refractivity contribution in [3.05, 3.63) is 25.3 Å². The Morgan fingerprint density at radius 1 is 0.696 bits per heavy atom. The Morgan fingerprint density at radius 2 is 1.22 bits per heavy atom. The van der Waals surface area contributed by atoms with Gasteiger partial charge >= 0.3 is 0 Å². The number of rotatable bonds is 8. The van der Waals surface area contributed by atoms with Crippen LogP contribution in [0, 0.1) is 23.7 Å². The van der Waals surface area contributed by atoms with Crippen LogP contribution in [0.4, 0.5) is 0 Å². The van der Waals surface area contributed by atoms with E-state index in [1.165, 1.54) is 70.6 Å². The van der Waals surface area contributed by atoms with Crippen molar-refractivity contribution in [1.29, 1.82) is 0 Å². The van der Waals surface area contributed by atoms with E-state index in [1.807, 2.05) is 6.08 Å². The summed E-state index contributed by atoms with van der Waals surface area (Å²) in [6, 6.07) is 0. The van der Waals surface area contributed by atoms with Gasteiger partial charge in [0.15, 0.2) is 0 Å². The first kappa shape index (κ1) is 17.3. The third kappa shape index (κ3) is 4.72. The topological polar surface area (TPSA) is 12.5 Å². The maximum atomic E-state index is 5.93. The Bertz CT molecular complexity index is 371. The van der Waals surface area contributed by atoms with Gasteiger partial charge in [0, 0.05) is 0 Å². The van der Waals surface area contributed by atoms with E-state index in [1.54, 1.807) is 0 Å². The molecule has 1 heterocycles. The Labute approximate surface area is 143 Å². The summed E-state index contributed by atoms with van der Waals surface area (Å²) in [6.45, 7) is 7.69. The Balaban J connectivity index is 1.34. The monoisotopic (exact) mass is 316 g/mol. The molecule has 3 rings (SSSR count). The van der Waals surface area contributed by atoms with Gasteiger partial charge in [0.05, 0.1) is 12.2 Å². The summed E-state index contributed by atoms with van der Waals surface area (Å²) in [6.07, 6.45) is 22.0. The van der Waals surface area contributed by atoms with Crippen LogP contribution in [0.15, 0.2) is 25.3 Å². The fourth-order valence-corrected chi connectivity index (χ4v) is 5.33. The summed E-state index contributed by atoms with van der Waals surface area (Å²) in [5, 5.41) is 0. The zero-order chi connectivity index (χ0) is 16.1. The SMILES string of the molecule is C=CCCC1CCC(C2CCC(C3OC3CCC=C)CC2)CC1. The van der Waals surface area contributed by atoms with Crippen LogP contribution in [0.1, 0.15) is 77.0 Å². The zero-order valence-corrected chi connectivity index (χ0v) is 14.9. The fourth-order valence-electron chi connectivity index (χ4n) is 5.33. The molecule has 0 aromatic carbocycles. The molecule has 2 unspecified atom stereocenters. The van der Waals surface area contributed by atoms with Gasteiger partial charge in [-0.1, -0.05) is 25.0 Å². The number of epoxide rings is 1. The fraction of sp³-hybridized carbons (Fsp3) is 0.818. The normalized spacial score (nSPS) is 40.5. The molecule has 0 spiro atoms. The van der Waals surface area contributed by atoms with E-state index in [0.717, 1.165) is 30.1 Å². The van der Waals surface area contributed by atoms with Crippen molar-refractivity contribution in [3.63, 3.8) is 0 Å². The largest absolute Gasteiger partial charge is 0.369 e. The summed E-state index contributed by atoms with van der Waals surface area (Å²) in [7, 11) is 0. The van der Waals surface area contributed by atoms with E-state index in [0.29, 0.717) is 12.2 Å². The quantitative estimate of drug-likeness (QED) is 0.378. The van der Waals surface area contributed by atoms with Gasteiger partial charge in [-0.15, -0.1) is 13.2 Å². The van der Waals surface area contributed by atoms with Crippen molar-refractivity contribution in [2.24, 2.45) is 23.7 Å². The Kier molecular flexibility index (Phi) is 6.39. The van der Waals surface area contributed by atoms with E-state index in [2.05, 4.69) is 19.2 Å². The standard InChI is InChI=1S/C22H36O/c1-3-5-7-17-9-11-18(12-10-17)19-13-15-20(16-14-19)22-21(23-22)8-6-4-2/h3-4,17-22H,1-2,5-16H2. The first-order chi connectivity index (χ1) is 11.3. The molecular formula is C22H36O. The average Bonchev–Trinajstić information content (AvgIpc) is 3.38. The summed E-state index contributed by atoms with van der Waals surface area (Å²) >= 11 is 0. The van der Waals surface area contributed by atoms with Gasteiger partial charge in [-0.3, -0.25) is 0 Å². The van der Waals surface area contributed by atoms with Crippen LogP contribution in [-0.2, 0) is 4.74 Å². The zero-order valence-electron chi connectivity index (χ0n) is 14.9. The molecule has 23 heavy (non-hydrogen) atoms. The predicted octanol–water partition coefficient (Wildman–Crippen LogP) is 6.30. The van der Waals surface area contributed by atoms with Crippen molar-refractivity contribution in [1.82, 2.24) is 0 Å². The Morgan fingerprint density at radius 3 is 1.83 bits per heavy atom. The molecule has 0 N–H and O–H groups in total. The lowest BCUT2D eigenvalue weighted by atomic mass is 9.68. The summed E-state index contributed by atoms with van der Waals surface area (Å²) in [4.78, 5) is 0. The first-order valence-corrected chi connectivity index (χ1v) is 10.2. The van der Waals surface area contributed by atoms with Crippen molar-refractivity contribution >= 4 is 0 Å². The van der Waals surface area contributed by atoms with Crippen LogP contribution in [-0.4, -0.2) is 12.2 Å². The molecule has 2 aliphatic carbocycles. The minimum Gasteiger partial charge on any atom is -0.369 e. The maximum Gasteiger partial charge on any atom is 0.0870 e. The van der Waals surface area contributed by atoms with Crippen LogP contribution in [0.2, 0.25) is 0 Å². The average molecular weight is 317 g/mol. The molecule has 0 aromatic heterocycles. The Hall–Kier alpha value is -0.560. The summed E-state index contributed by atoms with van der Waals surface area (Å²) in [5.74, 6) is 3.92. The van der Waals surface area contributed by atoms with Gasteiger partial charge in [0.25, 0.3) is 0 Å².